The van der Waals surface area contributed by atoms with Gasteiger partial charge < -0.3 is 15.1 Å². The minimum atomic E-state index is -0.729. The third kappa shape index (κ3) is 3.17. The molecule has 4 fully saturated rings. The molecule has 1 saturated carbocycles. The van der Waals surface area contributed by atoms with E-state index in [1.54, 1.807) is 36.4 Å². The lowest BCUT2D eigenvalue weighted by Gasteiger charge is -2.27. The van der Waals surface area contributed by atoms with E-state index in [-0.39, 0.29) is 35.7 Å². The van der Waals surface area contributed by atoms with Crippen molar-refractivity contribution in [3.05, 3.63) is 45.6 Å². The van der Waals surface area contributed by atoms with Crippen LogP contribution in [0.2, 0.25) is 4.34 Å². The van der Waals surface area contributed by atoms with Crippen molar-refractivity contribution in [2.75, 3.05) is 16.3 Å². The van der Waals surface area contributed by atoms with Gasteiger partial charge in [-0.05, 0) is 62.1 Å². The maximum Gasteiger partial charge on any atom is 0.332 e. The van der Waals surface area contributed by atoms with E-state index in [9.17, 15) is 19.2 Å². The Balaban J connectivity index is 1.20. The summed E-state index contributed by atoms with van der Waals surface area (Å²) in [5.41, 5.74) is 1.27. The molecule has 4 heterocycles. The van der Waals surface area contributed by atoms with E-state index in [1.807, 2.05) is 4.90 Å². The molecular weight excluding hydrogens is 464 g/mol. The van der Waals surface area contributed by atoms with Gasteiger partial charge in [0.2, 0.25) is 5.91 Å². The lowest BCUT2D eigenvalue weighted by atomic mass is 10.1. The fourth-order valence-corrected chi connectivity index (χ4v) is 6.57. The maximum absolute atomic E-state index is 13.3. The normalized spacial score (nSPS) is 28.3. The molecule has 2 aromatic rings. The average molecular weight is 485 g/mol. The van der Waals surface area contributed by atoms with E-state index >= 15 is 0 Å². The van der Waals surface area contributed by atoms with E-state index in [2.05, 4.69) is 5.32 Å². The van der Waals surface area contributed by atoms with Gasteiger partial charge in [0, 0.05) is 24.2 Å². The number of anilines is 2. The Kier molecular flexibility index (Phi) is 4.74. The van der Waals surface area contributed by atoms with Crippen LogP contribution in [0.15, 0.2) is 36.4 Å². The molecule has 0 radical (unpaired) electrons. The molecule has 2 unspecified atom stereocenters. The first kappa shape index (κ1) is 20.7. The minimum absolute atomic E-state index is 0.126. The molecule has 8 nitrogen and oxygen atoms in total. The Labute approximate surface area is 199 Å². The average Bonchev–Trinajstić information content (AvgIpc) is 3.60. The molecular formula is C23H21ClN4O4S. The summed E-state index contributed by atoms with van der Waals surface area (Å²) in [5.74, 6) is -0.359. The standard InChI is InChI=1S/C23H21ClN4O4S/c24-18-8-7-17(33-18)20(29)25-16-9-10-26-19(16)22(31)28(23(26)32)14-5-3-13(4-6-14)27-15-2-1-12(11-15)21(27)30/h3-8,12,15-16,19H,1-2,9-11H2,(H,25,29)/t12?,15?,16-,19+/m1/s1. The summed E-state index contributed by atoms with van der Waals surface area (Å²) in [4.78, 5) is 56.4. The fourth-order valence-electron chi connectivity index (χ4n) is 5.63. The number of hydrogen-bond donors (Lipinski definition) is 1. The number of thiophene rings is 1. The second kappa shape index (κ2) is 7.56. The molecule has 2 bridgehead atoms. The quantitative estimate of drug-likeness (QED) is 0.674. The Bertz CT molecular complexity index is 1180. The number of carbonyl (C=O) groups is 4. The van der Waals surface area contributed by atoms with Crippen LogP contribution in [-0.4, -0.2) is 53.3 Å². The van der Waals surface area contributed by atoms with Crippen LogP contribution in [-0.2, 0) is 9.59 Å². The number of fused-ring (bicyclic) bond motifs is 3. The molecule has 1 aliphatic carbocycles. The predicted octanol–water partition coefficient (Wildman–Crippen LogP) is 3.26. The van der Waals surface area contributed by atoms with E-state index in [1.165, 1.54) is 21.1 Å². The number of carbonyl (C=O) groups excluding carboxylic acids is 4. The van der Waals surface area contributed by atoms with E-state index in [4.69, 9.17) is 11.6 Å². The Hall–Kier alpha value is -2.91. The Morgan fingerprint density at radius 3 is 2.39 bits per heavy atom. The summed E-state index contributed by atoms with van der Waals surface area (Å²) in [5, 5.41) is 2.90. The van der Waals surface area contributed by atoms with E-state index < -0.39 is 12.1 Å². The number of imide groups is 1. The molecule has 10 heteroatoms. The van der Waals surface area contributed by atoms with Crippen molar-refractivity contribution in [1.82, 2.24) is 10.2 Å². The topological polar surface area (TPSA) is 90.0 Å². The lowest BCUT2D eigenvalue weighted by Crippen LogP contribution is -2.46. The number of hydrogen-bond acceptors (Lipinski definition) is 5. The Morgan fingerprint density at radius 2 is 1.73 bits per heavy atom. The van der Waals surface area contributed by atoms with Crippen LogP contribution >= 0.6 is 22.9 Å². The van der Waals surface area contributed by atoms with Gasteiger partial charge in [0.25, 0.3) is 11.8 Å². The van der Waals surface area contributed by atoms with Crippen molar-refractivity contribution in [3.8, 4) is 0 Å². The second-order valence-electron chi connectivity index (χ2n) is 8.96. The zero-order valence-electron chi connectivity index (χ0n) is 17.6. The number of halogens is 1. The van der Waals surface area contributed by atoms with Crippen molar-refractivity contribution in [2.45, 2.75) is 43.8 Å². The number of nitrogens with one attached hydrogen (secondary N) is 1. The molecule has 3 aliphatic heterocycles. The molecule has 3 saturated heterocycles. The Morgan fingerprint density at radius 1 is 0.970 bits per heavy atom. The highest BCUT2D eigenvalue weighted by atomic mass is 35.5. The molecule has 170 valence electrons. The molecule has 4 aliphatic rings. The molecule has 1 N–H and O–H groups in total. The number of urea groups is 1. The highest BCUT2D eigenvalue weighted by Crippen LogP contribution is 2.42. The van der Waals surface area contributed by atoms with Crippen LogP contribution in [0.3, 0.4) is 0 Å². The maximum atomic E-state index is 13.3. The summed E-state index contributed by atoms with van der Waals surface area (Å²) >= 11 is 7.09. The third-order valence-electron chi connectivity index (χ3n) is 7.16. The van der Waals surface area contributed by atoms with Gasteiger partial charge in [-0.25, -0.2) is 9.69 Å². The van der Waals surface area contributed by atoms with Gasteiger partial charge in [0.1, 0.15) is 6.04 Å². The van der Waals surface area contributed by atoms with Crippen molar-refractivity contribution < 1.29 is 19.2 Å². The fraction of sp³-hybridized carbons (Fsp3) is 0.391. The second-order valence-corrected chi connectivity index (χ2v) is 10.7. The molecule has 6 rings (SSSR count). The minimum Gasteiger partial charge on any atom is -0.346 e. The van der Waals surface area contributed by atoms with Gasteiger partial charge >= 0.3 is 6.03 Å². The summed E-state index contributed by atoms with van der Waals surface area (Å²) in [6, 6.07) is 9.00. The largest absolute Gasteiger partial charge is 0.346 e. The van der Waals surface area contributed by atoms with Crippen LogP contribution in [0.25, 0.3) is 0 Å². The van der Waals surface area contributed by atoms with Crippen molar-refractivity contribution in [2.24, 2.45) is 5.92 Å². The van der Waals surface area contributed by atoms with Crippen LogP contribution in [0.4, 0.5) is 16.2 Å². The number of nitrogens with zero attached hydrogens (tertiary/aromatic N) is 3. The molecule has 0 spiro atoms. The first-order valence-electron chi connectivity index (χ1n) is 11.1. The zero-order chi connectivity index (χ0) is 22.9. The first-order valence-corrected chi connectivity index (χ1v) is 12.3. The summed E-state index contributed by atoms with van der Waals surface area (Å²) in [7, 11) is 0. The van der Waals surface area contributed by atoms with Gasteiger partial charge in [-0.15, -0.1) is 11.3 Å². The van der Waals surface area contributed by atoms with Crippen LogP contribution in [0.1, 0.15) is 35.4 Å². The SMILES string of the molecule is O=C(N[C@@H]1CCN2C(=O)N(c3ccc(N4C(=O)C5CCC4C5)cc3)C(=O)[C@H]12)c1ccc(Cl)s1. The third-order valence-corrected chi connectivity index (χ3v) is 8.39. The number of rotatable bonds is 4. The van der Waals surface area contributed by atoms with Crippen molar-refractivity contribution in [3.63, 3.8) is 0 Å². The summed E-state index contributed by atoms with van der Waals surface area (Å²) in [6.07, 6.45) is 3.40. The lowest BCUT2D eigenvalue weighted by molar-refractivity contribution is -0.121. The highest BCUT2D eigenvalue weighted by Gasteiger charge is 2.53. The molecule has 33 heavy (non-hydrogen) atoms. The summed E-state index contributed by atoms with van der Waals surface area (Å²) < 4.78 is 0.512. The van der Waals surface area contributed by atoms with Gasteiger partial charge in [-0.3, -0.25) is 14.4 Å². The van der Waals surface area contributed by atoms with E-state index in [0.29, 0.717) is 27.9 Å². The van der Waals surface area contributed by atoms with Gasteiger partial charge in [-0.1, -0.05) is 11.6 Å². The highest BCUT2D eigenvalue weighted by molar-refractivity contribution is 7.18. The van der Waals surface area contributed by atoms with Crippen LogP contribution < -0.4 is 15.1 Å². The van der Waals surface area contributed by atoms with Crippen molar-refractivity contribution in [1.29, 1.82) is 0 Å². The van der Waals surface area contributed by atoms with Gasteiger partial charge in [0.05, 0.1) is 20.9 Å². The molecule has 4 atom stereocenters. The van der Waals surface area contributed by atoms with Gasteiger partial charge in [-0.2, -0.15) is 0 Å². The number of amides is 5. The zero-order valence-corrected chi connectivity index (χ0v) is 19.1. The molecule has 1 aromatic heterocycles. The number of piperidine rings is 1. The van der Waals surface area contributed by atoms with Crippen LogP contribution in [0.5, 0.6) is 0 Å². The first-order chi connectivity index (χ1) is 15.9. The molecule has 1 aromatic carbocycles. The predicted molar refractivity (Wildman–Crippen MR) is 124 cm³/mol. The number of benzene rings is 1. The summed E-state index contributed by atoms with van der Waals surface area (Å²) in [6.45, 7) is 0.394. The van der Waals surface area contributed by atoms with Crippen molar-refractivity contribution >= 4 is 58.1 Å². The van der Waals surface area contributed by atoms with Crippen LogP contribution in [0, 0.1) is 5.92 Å². The molecule has 5 amide bonds. The van der Waals surface area contributed by atoms with Gasteiger partial charge in [0.15, 0.2) is 0 Å². The monoisotopic (exact) mass is 484 g/mol. The van der Waals surface area contributed by atoms with E-state index in [0.717, 1.165) is 24.9 Å². The smallest absolute Gasteiger partial charge is 0.332 e.